The topological polar surface area (TPSA) is 84.3 Å². The van der Waals surface area contributed by atoms with Crippen LogP contribution in [-0.4, -0.2) is 46.6 Å². The van der Waals surface area contributed by atoms with E-state index < -0.39 is 5.97 Å². The third-order valence-electron chi connectivity index (χ3n) is 3.54. The molecule has 0 spiro atoms. The number of aliphatic carboxylic acids is 1. The number of aromatic nitrogens is 2. The van der Waals surface area contributed by atoms with Gasteiger partial charge in [-0.1, -0.05) is 18.7 Å². The second-order valence-corrected chi connectivity index (χ2v) is 5.86. The molecule has 1 aliphatic heterocycles. The first-order valence-electron chi connectivity index (χ1n) is 7.26. The van der Waals surface area contributed by atoms with Gasteiger partial charge in [0.05, 0.1) is 18.3 Å². The number of hydrogen-bond acceptors (Lipinski definition) is 6. The first kappa shape index (κ1) is 16.8. The van der Waals surface area contributed by atoms with Crippen LogP contribution in [0.25, 0.3) is 6.08 Å². The zero-order chi connectivity index (χ0) is 16.1. The Labute approximate surface area is 134 Å². The van der Waals surface area contributed by atoms with Crippen molar-refractivity contribution in [1.29, 1.82) is 0 Å². The molecule has 22 heavy (non-hydrogen) atoms. The van der Waals surface area contributed by atoms with E-state index in [-0.39, 0.29) is 6.04 Å². The molecule has 0 amide bonds. The fourth-order valence-corrected chi connectivity index (χ4v) is 2.67. The summed E-state index contributed by atoms with van der Waals surface area (Å²) in [6, 6.07) is 0.200. The summed E-state index contributed by atoms with van der Waals surface area (Å²) in [6.07, 6.45) is 4.95. The molecule has 0 aromatic carbocycles. The van der Waals surface area contributed by atoms with Crippen molar-refractivity contribution in [2.24, 2.45) is 0 Å². The number of carboxylic acid groups (broad SMARTS) is 1. The smallest absolute Gasteiger partial charge is 0.331 e. The van der Waals surface area contributed by atoms with Crippen LogP contribution in [0.1, 0.15) is 31.0 Å². The highest BCUT2D eigenvalue weighted by atomic mass is 32.2. The molecule has 1 aliphatic rings. The van der Waals surface area contributed by atoms with Crippen molar-refractivity contribution < 1.29 is 14.6 Å². The summed E-state index contributed by atoms with van der Waals surface area (Å²) in [5.41, 5.74) is 1.85. The molecule has 0 bridgehead atoms. The molecule has 2 heterocycles. The number of anilines is 1. The van der Waals surface area contributed by atoms with Gasteiger partial charge in [0.2, 0.25) is 0 Å². The molecule has 2 rings (SSSR count). The maximum atomic E-state index is 11.3. The van der Waals surface area contributed by atoms with E-state index in [1.165, 1.54) is 11.8 Å². The van der Waals surface area contributed by atoms with Crippen LogP contribution in [0.3, 0.4) is 0 Å². The number of aryl methyl sites for hydroxylation is 1. The van der Waals surface area contributed by atoms with E-state index in [4.69, 9.17) is 4.74 Å². The second-order valence-electron chi connectivity index (χ2n) is 5.09. The van der Waals surface area contributed by atoms with Crippen LogP contribution < -0.4 is 5.32 Å². The lowest BCUT2D eigenvalue weighted by molar-refractivity contribution is -0.132. The van der Waals surface area contributed by atoms with Crippen molar-refractivity contribution in [3.05, 3.63) is 16.8 Å². The number of rotatable bonds is 6. The molecule has 0 radical (unpaired) electrons. The molecule has 2 N–H and O–H groups in total. The van der Waals surface area contributed by atoms with Gasteiger partial charge in [0.25, 0.3) is 0 Å². The van der Waals surface area contributed by atoms with E-state index >= 15 is 0 Å². The Balaban J connectivity index is 2.42. The van der Waals surface area contributed by atoms with E-state index in [1.807, 2.05) is 20.1 Å². The number of carboxylic acids is 1. The molecule has 1 aromatic rings. The summed E-state index contributed by atoms with van der Waals surface area (Å²) in [4.78, 5) is 20.2. The minimum atomic E-state index is -0.911. The summed E-state index contributed by atoms with van der Waals surface area (Å²) in [5, 5.41) is 13.3. The van der Waals surface area contributed by atoms with Crippen LogP contribution in [0.5, 0.6) is 0 Å². The third-order valence-corrected chi connectivity index (χ3v) is 4.09. The molecule has 120 valence electrons. The molecule has 0 saturated carbocycles. The molecule has 0 aliphatic carbocycles. The fraction of sp³-hybridized carbons (Fsp3) is 0.533. The van der Waals surface area contributed by atoms with Crippen LogP contribution >= 0.6 is 11.8 Å². The zero-order valence-corrected chi connectivity index (χ0v) is 13.9. The Hall–Kier alpha value is -1.60. The van der Waals surface area contributed by atoms with Gasteiger partial charge in [0.15, 0.2) is 5.16 Å². The van der Waals surface area contributed by atoms with Crippen molar-refractivity contribution >= 4 is 29.6 Å². The van der Waals surface area contributed by atoms with E-state index in [0.717, 1.165) is 24.3 Å². The lowest BCUT2D eigenvalue weighted by Gasteiger charge is -2.16. The minimum Gasteiger partial charge on any atom is -0.478 e. The number of ether oxygens (including phenoxy) is 1. The summed E-state index contributed by atoms with van der Waals surface area (Å²) in [6.45, 7) is 5.07. The standard InChI is InChI=1S/C15H21N3O3S/c1-4-10(14(19)20)7-12-9(2)16-15(22-3)18-13(12)17-11-5-6-21-8-11/h7,11H,4-6,8H2,1-3H3,(H,19,20)(H,16,17,18). The van der Waals surface area contributed by atoms with Gasteiger partial charge in [-0.05, 0) is 32.1 Å². The number of hydrogen-bond donors (Lipinski definition) is 2. The largest absolute Gasteiger partial charge is 0.478 e. The van der Waals surface area contributed by atoms with Gasteiger partial charge in [-0.2, -0.15) is 0 Å². The Morgan fingerprint density at radius 2 is 2.32 bits per heavy atom. The highest BCUT2D eigenvalue weighted by Crippen LogP contribution is 2.25. The van der Waals surface area contributed by atoms with Crippen LogP contribution in [0.4, 0.5) is 5.82 Å². The van der Waals surface area contributed by atoms with Crippen molar-refractivity contribution in [1.82, 2.24) is 9.97 Å². The van der Waals surface area contributed by atoms with Gasteiger partial charge >= 0.3 is 5.97 Å². The average Bonchev–Trinajstić information content (AvgIpc) is 2.98. The highest BCUT2D eigenvalue weighted by Gasteiger charge is 2.19. The van der Waals surface area contributed by atoms with E-state index in [0.29, 0.717) is 29.6 Å². The normalized spacial score (nSPS) is 18.5. The first-order chi connectivity index (χ1) is 10.5. The van der Waals surface area contributed by atoms with E-state index in [9.17, 15) is 9.90 Å². The molecule has 1 saturated heterocycles. The van der Waals surface area contributed by atoms with Gasteiger partial charge in [0.1, 0.15) is 5.82 Å². The minimum absolute atomic E-state index is 0.200. The molecule has 7 heteroatoms. The Bertz CT molecular complexity index is 584. The number of carbonyl (C=O) groups is 1. The lowest BCUT2D eigenvalue weighted by Crippen LogP contribution is -2.21. The highest BCUT2D eigenvalue weighted by molar-refractivity contribution is 7.98. The predicted octanol–water partition coefficient (Wildman–Crippen LogP) is 2.59. The maximum absolute atomic E-state index is 11.3. The van der Waals surface area contributed by atoms with Crippen molar-refractivity contribution in [2.75, 3.05) is 24.8 Å². The number of nitrogens with zero attached hydrogens (tertiary/aromatic N) is 2. The average molecular weight is 323 g/mol. The van der Waals surface area contributed by atoms with Gasteiger partial charge in [-0.25, -0.2) is 14.8 Å². The summed E-state index contributed by atoms with van der Waals surface area (Å²) >= 11 is 1.46. The predicted molar refractivity (Wildman–Crippen MR) is 87.3 cm³/mol. The van der Waals surface area contributed by atoms with Crippen LogP contribution in [0.15, 0.2) is 10.7 Å². The molecule has 1 unspecified atom stereocenters. The Morgan fingerprint density at radius 3 is 2.86 bits per heavy atom. The summed E-state index contributed by atoms with van der Waals surface area (Å²) in [7, 11) is 0. The SMILES string of the molecule is CCC(=Cc1c(C)nc(SC)nc1NC1CCOC1)C(=O)O. The van der Waals surface area contributed by atoms with E-state index in [2.05, 4.69) is 15.3 Å². The van der Waals surface area contributed by atoms with Gasteiger partial charge in [-0.15, -0.1) is 0 Å². The van der Waals surface area contributed by atoms with Crippen molar-refractivity contribution in [3.8, 4) is 0 Å². The molecular formula is C15H21N3O3S. The van der Waals surface area contributed by atoms with Crippen molar-refractivity contribution in [2.45, 2.75) is 37.9 Å². The number of thioether (sulfide) groups is 1. The quantitative estimate of drug-likeness (QED) is 0.473. The maximum Gasteiger partial charge on any atom is 0.331 e. The molecule has 1 fully saturated rings. The number of nitrogens with one attached hydrogen (secondary N) is 1. The monoisotopic (exact) mass is 323 g/mol. The zero-order valence-electron chi connectivity index (χ0n) is 13.0. The Morgan fingerprint density at radius 1 is 1.55 bits per heavy atom. The molecule has 1 aromatic heterocycles. The first-order valence-corrected chi connectivity index (χ1v) is 8.48. The van der Waals surface area contributed by atoms with E-state index in [1.54, 1.807) is 6.08 Å². The van der Waals surface area contributed by atoms with Crippen molar-refractivity contribution in [3.63, 3.8) is 0 Å². The molecule has 1 atom stereocenters. The Kier molecular flexibility index (Phi) is 5.79. The lowest BCUT2D eigenvalue weighted by atomic mass is 10.1. The summed E-state index contributed by atoms with van der Waals surface area (Å²) < 4.78 is 5.38. The second kappa shape index (κ2) is 7.60. The molecule has 6 nitrogen and oxygen atoms in total. The van der Waals surface area contributed by atoms with Gasteiger partial charge in [-0.3, -0.25) is 0 Å². The van der Waals surface area contributed by atoms with Crippen LogP contribution in [-0.2, 0) is 9.53 Å². The van der Waals surface area contributed by atoms with Gasteiger partial charge in [0, 0.05) is 17.7 Å². The molecular weight excluding hydrogens is 302 g/mol. The fourth-order valence-electron chi connectivity index (χ4n) is 2.26. The third kappa shape index (κ3) is 3.98. The van der Waals surface area contributed by atoms with Gasteiger partial charge < -0.3 is 15.2 Å². The van der Waals surface area contributed by atoms with Crippen LogP contribution in [0, 0.1) is 6.92 Å². The summed E-state index contributed by atoms with van der Waals surface area (Å²) in [5.74, 6) is -0.231. The van der Waals surface area contributed by atoms with Crippen LogP contribution in [0.2, 0.25) is 0 Å².